The van der Waals surface area contributed by atoms with E-state index in [1.165, 1.54) is 7.11 Å². The molecule has 0 unspecified atom stereocenters. The molecule has 2 amide bonds. The van der Waals surface area contributed by atoms with Crippen LogP contribution in [0.15, 0.2) is 29.2 Å². The van der Waals surface area contributed by atoms with E-state index in [2.05, 4.69) is 15.0 Å². The first kappa shape index (κ1) is 16.3. The summed E-state index contributed by atoms with van der Waals surface area (Å²) >= 11 is 0. The predicted octanol–water partition coefficient (Wildman–Crippen LogP) is 1.41. The number of urea groups is 1. The monoisotopic (exact) mass is 329 g/mol. The number of aromatic amines is 1. The van der Waals surface area contributed by atoms with Crippen molar-refractivity contribution in [3.8, 4) is 5.88 Å². The van der Waals surface area contributed by atoms with Crippen molar-refractivity contribution in [3.05, 3.63) is 40.3 Å². The van der Waals surface area contributed by atoms with E-state index in [0.717, 1.165) is 24.4 Å². The SMILES string of the molecule is COc1cc(=O)[nH]c(N(C(N)=O)c2ncccc2C(F)(F)F)n1. The Morgan fingerprint density at radius 3 is 2.70 bits per heavy atom. The Hall–Kier alpha value is -3.11. The van der Waals surface area contributed by atoms with Crippen LogP contribution in [-0.4, -0.2) is 28.1 Å². The second kappa shape index (κ2) is 5.94. The molecule has 0 radical (unpaired) electrons. The normalized spacial score (nSPS) is 11.1. The van der Waals surface area contributed by atoms with Crippen LogP contribution >= 0.6 is 0 Å². The Morgan fingerprint density at radius 2 is 2.13 bits per heavy atom. The number of hydrogen-bond donors (Lipinski definition) is 2. The first-order valence-electron chi connectivity index (χ1n) is 6.01. The number of primary amides is 1. The minimum atomic E-state index is -4.80. The zero-order valence-corrected chi connectivity index (χ0v) is 11.6. The Labute approximate surface area is 126 Å². The van der Waals surface area contributed by atoms with Gasteiger partial charge in [0, 0.05) is 6.20 Å². The molecule has 0 atom stereocenters. The van der Waals surface area contributed by atoms with Crippen LogP contribution in [0.1, 0.15) is 5.56 Å². The van der Waals surface area contributed by atoms with Crippen molar-refractivity contribution in [2.75, 3.05) is 12.0 Å². The first-order valence-corrected chi connectivity index (χ1v) is 6.01. The van der Waals surface area contributed by atoms with Crippen LogP contribution in [-0.2, 0) is 6.18 Å². The van der Waals surface area contributed by atoms with Gasteiger partial charge < -0.3 is 10.5 Å². The molecule has 3 N–H and O–H groups in total. The molecule has 2 rings (SSSR count). The quantitative estimate of drug-likeness (QED) is 0.883. The topological polar surface area (TPSA) is 114 Å². The fourth-order valence-electron chi connectivity index (χ4n) is 1.74. The third-order valence-electron chi connectivity index (χ3n) is 2.65. The molecule has 0 spiro atoms. The van der Waals surface area contributed by atoms with Crippen molar-refractivity contribution in [3.63, 3.8) is 0 Å². The summed E-state index contributed by atoms with van der Waals surface area (Å²) in [5.74, 6) is -1.57. The van der Waals surface area contributed by atoms with Gasteiger partial charge in [-0.3, -0.25) is 9.78 Å². The molecule has 0 aliphatic heterocycles. The average Bonchev–Trinajstić information content (AvgIpc) is 2.46. The molecule has 0 aromatic carbocycles. The van der Waals surface area contributed by atoms with Crippen LogP contribution in [0.2, 0.25) is 0 Å². The number of carbonyl (C=O) groups excluding carboxylic acids is 1. The highest BCUT2D eigenvalue weighted by atomic mass is 19.4. The third-order valence-corrected chi connectivity index (χ3v) is 2.65. The molecule has 2 aromatic rings. The third kappa shape index (κ3) is 3.39. The van der Waals surface area contributed by atoms with Crippen molar-refractivity contribution in [2.45, 2.75) is 6.18 Å². The summed E-state index contributed by atoms with van der Waals surface area (Å²) in [6, 6.07) is 1.40. The molecule has 11 heteroatoms. The summed E-state index contributed by atoms with van der Waals surface area (Å²) in [6.45, 7) is 0. The summed E-state index contributed by atoms with van der Waals surface area (Å²) in [5.41, 5.74) is 3.17. The van der Waals surface area contributed by atoms with Crippen molar-refractivity contribution in [1.82, 2.24) is 15.0 Å². The van der Waals surface area contributed by atoms with Gasteiger partial charge in [-0.1, -0.05) is 0 Å². The van der Waals surface area contributed by atoms with Gasteiger partial charge in [0.05, 0.1) is 18.7 Å². The Morgan fingerprint density at radius 1 is 1.43 bits per heavy atom. The van der Waals surface area contributed by atoms with Gasteiger partial charge in [0.1, 0.15) is 0 Å². The first-order chi connectivity index (χ1) is 10.7. The molecular weight excluding hydrogens is 319 g/mol. The van der Waals surface area contributed by atoms with Crippen LogP contribution in [0.4, 0.5) is 29.7 Å². The molecule has 8 nitrogen and oxygen atoms in total. The number of halogens is 3. The average molecular weight is 329 g/mol. The maximum absolute atomic E-state index is 13.1. The van der Waals surface area contributed by atoms with Gasteiger partial charge in [0.2, 0.25) is 11.8 Å². The number of amides is 2. The van der Waals surface area contributed by atoms with Crippen molar-refractivity contribution < 1.29 is 22.7 Å². The number of rotatable bonds is 3. The second-order valence-electron chi connectivity index (χ2n) is 4.16. The summed E-state index contributed by atoms with van der Waals surface area (Å²) in [6.07, 6.45) is -3.75. The number of H-pyrrole nitrogens is 1. The number of aromatic nitrogens is 3. The molecule has 0 aliphatic carbocycles. The molecule has 0 saturated heterocycles. The Bertz CT molecular complexity index is 790. The van der Waals surface area contributed by atoms with E-state index in [1.54, 1.807) is 0 Å². The number of anilines is 2. The van der Waals surface area contributed by atoms with E-state index >= 15 is 0 Å². The summed E-state index contributed by atoms with van der Waals surface area (Å²) in [7, 11) is 1.20. The van der Waals surface area contributed by atoms with Gasteiger partial charge >= 0.3 is 12.2 Å². The number of methoxy groups -OCH3 is 1. The molecule has 0 aliphatic rings. The maximum Gasteiger partial charge on any atom is 0.419 e. The van der Waals surface area contributed by atoms with Gasteiger partial charge in [-0.05, 0) is 12.1 Å². The highest BCUT2D eigenvalue weighted by Gasteiger charge is 2.37. The summed E-state index contributed by atoms with van der Waals surface area (Å²) in [4.78, 5) is 32.8. The molecule has 0 fully saturated rings. The summed E-state index contributed by atoms with van der Waals surface area (Å²) < 4.78 is 44.0. The van der Waals surface area contributed by atoms with Crippen LogP contribution < -0.4 is 20.9 Å². The van der Waals surface area contributed by atoms with Crippen LogP contribution in [0.5, 0.6) is 5.88 Å². The van der Waals surface area contributed by atoms with Gasteiger partial charge in [-0.25, -0.2) is 14.7 Å². The zero-order chi connectivity index (χ0) is 17.2. The number of ether oxygens (including phenoxy) is 1. The summed E-state index contributed by atoms with van der Waals surface area (Å²) in [5, 5.41) is 0. The van der Waals surface area contributed by atoms with Gasteiger partial charge in [-0.15, -0.1) is 0 Å². The number of carbonyl (C=O) groups is 1. The fourth-order valence-corrected chi connectivity index (χ4v) is 1.74. The number of pyridine rings is 1. The standard InChI is InChI=1S/C12H10F3N5O3/c1-23-8-5-7(21)18-11(19-8)20(10(16)22)9-6(12(13,14)15)3-2-4-17-9/h2-5H,1H3,(H2,16,22)(H,18,19,21). The smallest absolute Gasteiger partial charge is 0.419 e. The highest BCUT2D eigenvalue weighted by Crippen LogP contribution is 2.36. The molecule has 122 valence electrons. The van der Waals surface area contributed by atoms with E-state index < -0.39 is 35.1 Å². The van der Waals surface area contributed by atoms with Crippen LogP contribution in [0.25, 0.3) is 0 Å². The second-order valence-corrected chi connectivity index (χ2v) is 4.16. The van der Waals surface area contributed by atoms with E-state index in [0.29, 0.717) is 4.90 Å². The van der Waals surface area contributed by atoms with E-state index in [1.807, 2.05) is 0 Å². The number of nitrogens with zero attached hydrogens (tertiary/aromatic N) is 3. The lowest BCUT2D eigenvalue weighted by Crippen LogP contribution is -2.36. The predicted molar refractivity (Wildman–Crippen MR) is 72.4 cm³/mol. The number of nitrogens with one attached hydrogen (secondary N) is 1. The van der Waals surface area contributed by atoms with E-state index in [-0.39, 0.29) is 5.88 Å². The van der Waals surface area contributed by atoms with Crippen molar-refractivity contribution >= 4 is 17.8 Å². The lowest BCUT2D eigenvalue weighted by atomic mass is 10.2. The van der Waals surface area contributed by atoms with E-state index in [4.69, 9.17) is 10.5 Å². The molecule has 23 heavy (non-hydrogen) atoms. The van der Waals surface area contributed by atoms with Crippen molar-refractivity contribution in [2.24, 2.45) is 5.73 Å². The van der Waals surface area contributed by atoms with Gasteiger partial charge in [-0.2, -0.15) is 18.2 Å². The fraction of sp³-hybridized carbons (Fsp3) is 0.167. The number of nitrogens with two attached hydrogens (primary N) is 1. The molecule has 2 heterocycles. The highest BCUT2D eigenvalue weighted by molar-refractivity contribution is 5.96. The largest absolute Gasteiger partial charge is 0.481 e. The molecular formula is C12H10F3N5O3. The number of alkyl halides is 3. The van der Waals surface area contributed by atoms with Crippen LogP contribution in [0, 0.1) is 0 Å². The Kier molecular flexibility index (Phi) is 4.20. The van der Waals surface area contributed by atoms with Crippen molar-refractivity contribution in [1.29, 1.82) is 0 Å². The van der Waals surface area contributed by atoms with Gasteiger partial charge in [0.25, 0.3) is 5.56 Å². The van der Waals surface area contributed by atoms with Gasteiger partial charge in [0.15, 0.2) is 5.82 Å². The molecule has 2 aromatic heterocycles. The lowest BCUT2D eigenvalue weighted by molar-refractivity contribution is -0.137. The minimum absolute atomic E-state index is 0.209. The zero-order valence-electron chi connectivity index (χ0n) is 11.6. The maximum atomic E-state index is 13.1. The Balaban J connectivity index is 2.69. The van der Waals surface area contributed by atoms with E-state index in [9.17, 15) is 22.8 Å². The molecule has 0 bridgehead atoms. The number of hydrogen-bond acceptors (Lipinski definition) is 5. The lowest BCUT2D eigenvalue weighted by Gasteiger charge is -2.21. The minimum Gasteiger partial charge on any atom is -0.481 e. The van der Waals surface area contributed by atoms with Crippen LogP contribution in [0.3, 0.4) is 0 Å². The molecule has 0 saturated carbocycles.